The average molecular weight is 285 g/mol. The average Bonchev–Trinajstić information content (AvgIpc) is 2.81. The van der Waals surface area contributed by atoms with Crippen LogP contribution in [0, 0.1) is 19.7 Å². The summed E-state index contributed by atoms with van der Waals surface area (Å²) >= 11 is 1.65. The van der Waals surface area contributed by atoms with Crippen LogP contribution in [0.2, 0.25) is 0 Å². The van der Waals surface area contributed by atoms with Gasteiger partial charge in [0.2, 0.25) is 0 Å². The molecule has 1 heterocycles. The van der Waals surface area contributed by atoms with Gasteiger partial charge in [0.05, 0.1) is 6.04 Å². The lowest BCUT2D eigenvalue weighted by atomic mass is 9.93. The Labute approximate surface area is 121 Å². The monoisotopic (exact) mass is 285 g/mol. The summed E-state index contributed by atoms with van der Waals surface area (Å²) in [4.78, 5) is 0. The number of thiophene rings is 1. The Morgan fingerprint density at radius 2 is 1.90 bits per heavy atom. The van der Waals surface area contributed by atoms with Gasteiger partial charge in [0, 0.05) is 10.3 Å². The van der Waals surface area contributed by atoms with Gasteiger partial charge in [-0.1, -0.05) is 24.3 Å². The summed E-state index contributed by atoms with van der Waals surface area (Å²) < 4.78 is 15.5. The lowest BCUT2D eigenvalue weighted by Crippen LogP contribution is -2.15. The van der Waals surface area contributed by atoms with Crippen molar-refractivity contribution < 1.29 is 4.39 Å². The van der Waals surface area contributed by atoms with Gasteiger partial charge in [0.25, 0.3) is 0 Å². The Kier molecular flexibility index (Phi) is 3.32. The molecule has 102 valence electrons. The van der Waals surface area contributed by atoms with Crippen LogP contribution in [0.4, 0.5) is 4.39 Å². The van der Waals surface area contributed by atoms with Gasteiger partial charge >= 0.3 is 0 Å². The number of rotatable bonds is 2. The molecular weight excluding hydrogens is 269 g/mol. The predicted molar refractivity (Wildman–Crippen MR) is 83.7 cm³/mol. The van der Waals surface area contributed by atoms with Crippen molar-refractivity contribution in [1.29, 1.82) is 0 Å². The van der Waals surface area contributed by atoms with E-state index in [1.165, 1.54) is 4.70 Å². The maximum Gasteiger partial charge on any atom is 0.128 e. The molecule has 0 radical (unpaired) electrons. The highest BCUT2D eigenvalue weighted by molar-refractivity contribution is 7.17. The zero-order valence-corrected chi connectivity index (χ0v) is 12.3. The van der Waals surface area contributed by atoms with Gasteiger partial charge < -0.3 is 5.73 Å². The lowest BCUT2D eigenvalue weighted by molar-refractivity contribution is 0.597. The van der Waals surface area contributed by atoms with Crippen molar-refractivity contribution in [3.05, 3.63) is 69.8 Å². The van der Waals surface area contributed by atoms with E-state index >= 15 is 0 Å². The minimum absolute atomic E-state index is 0.217. The van der Waals surface area contributed by atoms with Crippen molar-refractivity contribution in [2.75, 3.05) is 0 Å². The van der Waals surface area contributed by atoms with Crippen molar-refractivity contribution in [1.82, 2.24) is 0 Å². The molecule has 1 atom stereocenters. The highest BCUT2D eigenvalue weighted by atomic mass is 32.1. The van der Waals surface area contributed by atoms with Gasteiger partial charge in [0.1, 0.15) is 5.82 Å². The number of hydrogen-bond donors (Lipinski definition) is 1. The van der Waals surface area contributed by atoms with Crippen molar-refractivity contribution in [3.8, 4) is 0 Å². The Balaban J connectivity index is 2.16. The van der Waals surface area contributed by atoms with E-state index in [4.69, 9.17) is 5.73 Å². The third kappa shape index (κ3) is 2.13. The summed E-state index contributed by atoms with van der Waals surface area (Å²) in [5.41, 5.74) is 9.77. The van der Waals surface area contributed by atoms with Gasteiger partial charge in [-0.05, 0) is 53.4 Å². The van der Waals surface area contributed by atoms with E-state index in [-0.39, 0.29) is 5.82 Å². The number of nitrogens with two attached hydrogens (primary N) is 1. The molecule has 3 rings (SSSR count). The molecule has 0 spiro atoms. The fraction of sp³-hybridized carbons (Fsp3) is 0.176. The molecule has 2 aromatic carbocycles. The first-order valence-electron chi connectivity index (χ1n) is 6.56. The van der Waals surface area contributed by atoms with Gasteiger partial charge in [0.15, 0.2) is 0 Å². The van der Waals surface area contributed by atoms with Crippen LogP contribution >= 0.6 is 11.3 Å². The van der Waals surface area contributed by atoms with Crippen LogP contribution in [-0.2, 0) is 0 Å². The first-order valence-corrected chi connectivity index (χ1v) is 7.44. The standard InChI is InChI=1S/C17H16FNS/c1-10-7-11(2)16(14(18)8-10)17(19)13-9-20-15-6-4-3-5-12(13)15/h3-9,17H,19H2,1-2H3. The normalized spacial score (nSPS) is 12.8. The molecule has 0 aliphatic rings. The van der Waals surface area contributed by atoms with Gasteiger partial charge in [-0.15, -0.1) is 11.3 Å². The first kappa shape index (κ1) is 13.3. The van der Waals surface area contributed by atoms with Crippen molar-refractivity contribution in [2.45, 2.75) is 19.9 Å². The number of fused-ring (bicyclic) bond motifs is 1. The third-order valence-electron chi connectivity index (χ3n) is 3.64. The quantitative estimate of drug-likeness (QED) is 0.725. The maximum absolute atomic E-state index is 14.3. The van der Waals surface area contributed by atoms with Crippen molar-refractivity contribution >= 4 is 21.4 Å². The smallest absolute Gasteiger partial charge is 0.128 e. The number of benzene rings is 2. The minimum Gasteiger partial charge on any atom is -0.320 e. The summed E-state index contributed by atoms with van der Waals surface area (Å²) in [7, 11) is 0. The first-order chi connectivity index (χ1) is 9.58. The SMILES string of the molecule is Cc1cc(C)c(C(N)c2csc3ccccc23)c(F)c1. The summed E-state index contributed by atoms with van der Waals surface area (Å²) in [6.45, 7) is 3.81. The Morgan fingerprint density at radius 1 is 1.15 bits per heavy atom. The fourth-order valence-electron chi connectivity index (χ4n) is 2.72. The molecule has 0 amide bonds. The zero-order chi connectivity index (χ0) is 14.3. The molecule has 3 heteroatoms. The topological polar surface area (TPSA) is 26.0 Å². The highest BCUT2D eigenvalue weighted by Crippen LogP contribution is 2.34. The minimum atomic E-state index is -0.424. The van der Waals surface area contributed by atoms with Crippen molar-refractivity contribution in [2.24, 2.45) is 5.73 Å². The van der Waals surface area contributed by atoms with E-state index in [2.05, 4.69) is 6.07 Å². The molecule has 0 saturated heterocycles. The van der Waals surface area contributed by atoms with E-state index in [0.29, 0.717) is 5.56 Å². The Hall–Kier alpha value is -1.71. The van der Waals surface area contributed by atoms with Crippen LogP contribution in [-0.4, -0.2) is 0 Å². The Morgan fingerprint density at radius 3 is 2.65 bits per heavy atom. The summed E-state index contributed by atoms with van der Waals surface area (Å²) in [5.74, 6) is -0.217. The maximum atomic E-state index is 14.3. The molecule has 0 fully saturated rings. The third-order valence-corrected chi connectivity index (χ3v) is 4.62. The van der Waals surface area contributed by atoms with Crippen molar-refractivity contribution in [3.63, 3.8) is 0 Å². The summed E-state index contributed by atoms with van der Waals surface area (Å²) in [5, 5.41) is 3.15. The van der Waals surface area contributed by atoms with Gasteiger partial charge in [-0.3, -0.25) is 0 Å². The second-order valence-corrected chi connectivity index (χ2v) is 6.05. The van der Waals surface area contributed by atoms with Crippen LogP contribution in [0.25, 0.3) is 10.1 Å². The molecule has 2 N–H and O–H groups in total. The molecule has 1 aromatic heterocycles. The molecule has 3 aromatic rings. The number of aryl methyl sites for hydroxylation is 2. The van der Waals surface area contributed by atoms with E-state index in [1.54, 1.807) is 17.4 Å². The molecule has 1 unspecified atom stereocenters. The largest absolute Gasteiger partial charge is 0.320 e. The van der Waals surface area contributed by atoms with Gasteiger partial charge in [-0.25, -0.2) is 4.39 Å². The molecule has 20 heavy (non-hydrogen) atoms. The van der Waals surface area contributed by atoms with Crippen LogP contribution in [0.5, 0.6) is 0 Å². The van der Waals surface area contributed by atoms with Crippen LogP contribution in [0.15, 0.2) is 41.8 Å². The molecule has 0 saturated carbocycles. The van der Waals surface area contributed by atoms with Crippen LogP contribution in [0.1, 0.15) is 28.3 Å². The second-order valence-electron chi connectivity index (χ2n) is 5.14. The van der Waals surface area contributed by atoms with Crippen LogP contribution < -0.4 is 5.73 Å². The molecule has 1 nitrogen and oxygen atoms in total. The lowest BCUT2D eigenvalue weighted by Gasteiger charge is -2.16. The number of halogens is 1. The summed E-state index contributed by atoms with van der Waals surface area (Å²) in [6.07, 6.45) is 0. The van der Waals surface area contributed by atoms with Gasteiger partial charge in [-0.2, -0.15) is 0 Å². The second kappa shape index (κ2) is 5.00. The predicted octanol–water partition coefficient (Wildman–Crippen LogP) is 4.71. The van der Waals surface area contributed by atoms with E-state index < -0.39 is 6.04 Å². The highest BCUT2D eigenvalue weighted by Gasteiger charge is 2.19. The fourth-order valence-corrected chi connectivity index (χ4v) is 3.71. The van der Waals surface area contributed by atoms with E-state index in [9.17, 15) is 4.39 Å². The number of hydrogen-bond acceptors (Lipinski definition) is 2. The Bertz CT molecular complexity index is 753. The zero-order valence-electron chi connectivity index (χ0n) is 11.5. The van der Waals surface area contributed by atoms with Crippen LogP contribution in [0.3, 0.4) is 0 Å². The van der Waals surface area contributed by atoms with E-state index in [1.807, 2.05) is 43.5 Å². The molecular formula is C17H16FNS. The summed E-state index contributed by atoms with van der Waals surface area (Å²) in [6, 6.07) is 11.2. The molecule has 0 bridgehead atoms. The molecule has 0 aliphatic carbocycles. The van der Waals surface area contributed by atoms with E-state index in [0.717, 1.165) is 22.1 Å². The molecule has 0 aliphatic heterocycles.